The zero-order chi connectivity index (χ0) is 17.0. The third kappa shape index (κ3) is 3.62. The van der Waals surface area contributed by atoms with Crippen molar-refractivity contribution in [1.82, 2.24) is 19.5 Å². The van der Waals surface area contributed by atoms with Gasteiger partial charge in [0, 0.05) is 11.3 Å². The second-order valence-corrected chi connectivity index (χ2v) is 4.72. The number of carbonyl (C=O) groups is 1. The van der Waals surface area contributed by atoms with Crippen molar-refractivity contribution in [1.29, 1.82) is 0 Å². The molecule has 0 bridgehead atoms. The van der Waals surface area contributed by atoms with Gasteiger partial charge in [0.2, 0.25) is 11.8 Å². The van der Waals surface area contributed by atoms with E-state index in [0.717, 1.165) is 0 Å². The minimum absolute atomic E-state index is 0.120. The van der Waals surface area contributed by atoms with E-state index in [0.29, 0.717) is 11.3 Å². The molecule has 0 saturated carbocycles. The highest BCUT2D eigenvalue weighted by Crippen LogP contribution is 2.22. The first-order valence-electron chi connectivity index (χ1n) is 6.73. The summed E-state index contributed by atoms with van der Waals surface area (Å²) in [5.74, 6) is -0.264. The molecule has 2 heterocycles. The average molecular weight is 319 g/mol. The number of nitrogens with one attached hydrogen (secondary N) is 1. The van der Waals surface area contributed by atoms with Gasteiger partial charge in [-0.2, -0.15) is 4.98 Å². The lowest BCUT2D eigenvalue weighted by molar-refractivity contribution is -0.116. The molecule has 2 aromatic heterocycles. The van der Waals surface area contributed by atoms with Gasteiger partial charge in [-0.3, -0.25) is 14.2 Å². The summed E-state index contributed by atoms with van der Waals surface area (Å²) < 4.78 is 11.2. The van der Waals surface area contributed by atoms with Gasteiger partial charge in [-0.25, -0.2) is 9.97 Å². The zero-order valence-corrected chi connectivity index (χ0v) is 13.3. The first-order valence-corrected chi connectivity index (χ1v) is 6.73. The summed E-state index contributed by atoms with van der Waals surface area (Å²) in [6.45, 7) is 3.22. The van der Waals surface area contributed by atoms with Crippen LogP contribution in [0, 0.1) is 13.8 Å². The first kappa shape index (κ1) is 16.4. The first-order chi connectivity index (χ1) is 11.0. The van der Waals surface area contributed by atoms with Gasteiger partial charge in [-0.15, -0.1) is 0 Å². The molecule has 0 aromatic carbocycles. The van der Waals surface area contributed by atoms with Crippen molar-refractivity contribution in [2.75, 3.05) is 19.5 Å². The van der Waals surface area contributed by atoms with Crippen LogP contribution >= 0.6 is 0 Å². The minimum Gasteiger partial charge on any atom is -0.479 e. The van der Waals surface area contributed by atoms with Crippen LogP contribution in [0.25, 0.3) is 0 Å². The largest absolute Gasteiger partial charge is 0.479 e. The van der Waals surface area contributed by atoms with Crippen molar-refractivity contribution >= 4 is 11.6 Å². The third-order valence-electron chi connectivity index (χ3n) is 3.21. The topological polar surface area (TPSA) is 108 Å². The SMILES string of the molecule is COc1ncc(NC(=O)Cn2cnc(C)c(C)c2=O)c(OC)n1. The Labute approximate surface area is 132 Å². The average Bonchev–Trinajstić information content (AvgIpc) is 2.55. The van der Waals surface area contributed by atoms with Crippen LogP contribution < -0.4 is 20.3 Å². The van der Waals surface area contributed by atoms with Gasteiger partial charge in [-0.1, -0.05) is 0 Å². The summed E-state index contributed by atoms with van der Waals surface area (Å²) in [7, 11) is 2.83. The van der Waals surface area contributed by atoms with Crippen molar-refractivity contribution in [3.63, 3.8) is 0 Å². The van der Waals surface area contributed by atoms with Gasteiger partial charge in [-0.05, 0) is 13.8 Å². The molecule has 0 saturated heterocycles. The van der Waals surface area contributed by atoms with Gasteiger partial charge in [0.25, 0.3) is 5.56 Å². The highest BCUT2D eigenvalue weighted by Gasteiger charge is 2.13. The minimum atomic E-state index is -0.427. The number of rotatable bonds is 5. The molecule has 9 nitrogen and oxygen atoms in total. The number of amides is 1. The number of hydrogen-bond acceptors (Lipinski definition) is 7. The van der Waals surface area contributed by atoms with E-state index in [9.17, 15) is 9.59 Å². The second kappa shape index (κ2) is 6.86. The molecule has 0 atom stereocenters. The normalized spacial score (nSPS) is 10.3. The van der Waals surface area contributed by atoms with Gasteiger partial charge in [0.15, 0.2) is 0 Å². The molecule has 0 aliphatic rings. The molecule has 0 fully saturated rings. The van der Waals surface area contributed by atoms with Gasteiger partial charge < -0.3 is 14.8 Å². The Hall–Kier alpha value is -2.97. The molecule has 0 aliphatic heterocycles. The summed E-state index contributed by atoms with van der Waals surface area (Å²) in [5, 5.41) is 2.59. The van der Waals surface area contributed by atoms with E-state index >= 15 is 0 Å². The van der Waals surface area contributed by atoms with Gasteiger partial charge in [0.05, 0.1) is 26.7 Å². The van der Waals surface area contributed by atoms with Gasteiger partial charge in [0.1, 0.15) is 12.2 Å². The Morgan fingerprint density at radius 1 is 1.26 bits per heavy atom. The predicted octanol–water partition coefficient (Wildman–Crippen LogP) is 0.306. The van der Waals surface area contributed by atoms with Crippen LogP contribution in [0.2, 0.25) is 0 Å². The predicted molar refractivity (Wildman–Crippen MR) is 81.7 cm³/mol. The highest BCUT2D eigenvalue weighted by molar-refractivity contribution is 5.91. The third-order valence-corrected chi connectivity index (χ3v) is 3.21. The number of methoxy groups -OCH3 is 2. The number of anilines is 1. The van der Waals surface area contributed by atoms with Crippen LogP contribution in [0.15, 0.2) is 17.3 Å². The summed E-state index contributed by atoms with van der Waals surface area (Å²) in [6.07, 6.45) is 2.70. The fraction of sp³-hybridized carbons (Fsp3) is 0.357. The lowest BCUT2D eigenvalue weighted by atomic mass is 10.3. The standard InChI is InChI=1S/C14H17N5O4/c1-8-9(2)16-7-19(13(8)21)6-11(20)17-10-5-15-14(23-4)18-12(10)22-3/h5,7H,6H2,1-4H3,(H,17,20). The maximum absolute atomic E-state index is 12.1. The Kier molecular flexibility index (Phi) is 4.89. The number of ether oxygens (including phenoxy) is 2. The number of carbonyl (C=O) groups excluding carboxylic acids is 1. The molecule has 0 spiro atoms. The van der Waals surface area contributed by atoms with Crippen LogP contribution in [-0.4, -0.2) is 39.6 Å². The zero-order valence-electron chi connectivity index (χ0n) is 13.3. The summed E-state index contributed by atoms with van der Waals surface area (Å²) >= 11 is 0. The fourth-order valence-electron chi connectivity index (χ4n) is 1.82. The Morgan fingerprint density at radius 2 is 2.00 bits per heavy atom. The maximum atomic E-state index is 12.1. The number of aromatic nitrogens is 4. The van der Waals surface area contributed by atoms with E-state index in [1.54, 1.807) is 13.8 Å². The summed E-state index contributed by atoms with van der Waals surface area (Å²) in [4.78, 5) is 36.1. The maximum Gasteiger partial charge on any atom is 0.319 e. The van der Waals surface area contributed by atoms with Crippen molar-refractivity contribution in [3.8, 4) is 11.9 Å². The number of hydrogen-bond donors (Lipinski definition) is 1. The molecule has 0 radical (unpaired) electrons. The van der Waals surface area contributed by atoms with Crippen LogP contribution in [-0.2, 0) is 11.3 Å². The fourth-order valence-corrected chi connectivity index (χ4v) is 1.82. The van der Waals surface area contributed by atoms with E-state index in [1.807, 2.05) is 0 Å². The van der Waals surface area contributed by atoms with Crippen molar-refractivity contribution < 1.29 is 14.3 Å². The van der Waals surface area contributed by atoms with E-state index in [2.05, 4.69) is 20.3 Å². The Bertz CT molecular complexity index is 787. The quantitative estimate of drug-likeness (QED) is 0.844. The molecule has 1 N–H and O–H groups in total. The molecule has 23 heavy (non-hydrogen) atoms. The molecule has 2 aromatic rings. The van der Waals surface area contributed by atoms with Crippen LogP contribution in [0.3, 0.4) is 0 Å². The molecule has 1 amide bonds. The van der Waals surface area contributed by atoms with E-state index in [1.165, 1.54) is 31.3 Å². The second-order valence-electron chi connectivity index (χ2n) is 4.72. The molecular weight excluding hydrogens is 302 g/mol. The molecule has 0 aliphatic carbocycles. The van der Waals surface area contributed by atoms with Crippen molar-refractivity contribution in [3.05, 3.63) is 34.1 Å². The van der Waals surface area contributed by atoms with Crippen molar-refractivity contribution in [2.45, 2.75) is 20.4 Å². The molecule has 2 rings (SSSR count). The lowest BCUT2D eigenvalue weighted by Gasteiger charge is -2.11. The van der Waals surface area contributed by atoms with Crippen LogP contribution in [0.4, 0.5) is 5.69 Å². The Morgan fingerprint density at radius 3 is 2.65 bits per heavy atom. The summed E-state index contributed by atoms with van der Waals surface area (Å²) in [6, 6.07) is 0.120. The number of aryl methyl sites for hydroxylation is 1. The van der Waals surface area contributed by atoms with Crippen LogP contribution in [0.5, 0.6) is 11.9 Å². The van der Waals surface area contributed by atoms with E-state index in [-0.39, 0.29) is 29.7 Å². The molecule has 122 valence electrons. The van der Waals surface area contributed by atoms with Gasteiger partial charge >= 0.3 is 6.01 Å². The lowest BCUT2D eigenvalue weighted by Crippen LogP contribution is -2.29. The van der Waals surface area contributed by atoms with E-state index in [4.69, 9.17) is 9.47 Å². The molecule has 0 unspecified atom stereocenters. The van der Waals surface area contributed by atoms with Crippen LogP contribution in [0.1, 0.15) is 11.3 Å². The molecule has 9 heteroatoms. The molecular formula is C14H17N5O4. The van der Waals surface area contributed by atoms with E-state index < -0.39 is 5.91 Å². The summed E-state index contributed by atoms with van der Waals surface area (Å²) in [5.41, 5.74) is 1.16. The highest BCUT2D eigenvalue weighted by atomic mass is 16.5. The monoisotopic (exact) mass is 319 g/mol. The Balaban J connectivity index is 2.17. The van der Waals surface area contributed by atoms with Crippen molar-refractivity contribution in [2.24, 2.45) is 0 Å². The number of nitrogens with zero attached hydrogens (tertiary/aromatic N) is 4. The smallest absolute Gasteiger partial charge is 0.319 e.